The molecule has 1 saturated carbocycles. The van der Waals surface area contributed by atoms with E-state index in [1.165, 1.54) is 31.9 Å². The second kappa shape index (κ2) is 6.06. The van der Waals surface area contributed by atoms with E-state index in [2.05, 4.69) is 12.2 Å². The summed E-state index contributed by atoms with van der Waals surface area (Å²) in [5.41, 5.74) is 1.13. The molecule has 2 rings (SSSR count). The zero-order valence-electron chi connectivity index (χ0n) is 11.7. The van der Waals surface area contributed by atoms with E-state index in [9.17, 15) is 8.42 Å². The highest BCUT2D eigenvalue weighted by Gasteiger charge is 2.19. The quantitative estimate of drug-likeness (QED) is 0.872. The van der Waals surface area contributed by atoms with Crippen molar-refractivity contribution in [1.29, 1.82) is 0 Å². The fourth-order valence-corrected chi connectivity index (χ4v) is 3.09. The van der Waals surface area contributed by atoms with Gasteiger partial charge in [-0.2, -0.15) is 0 Å². The van der Waals surface area contributed by atoms with Crippen molar-refractivity contribution in [2.75, 3.05) is 6.26 Å². The Morgan fingerprint density at radius 2 is 1.89 bits per heavy atom. The van der Waals surface area contributed by atoms with E-state index in [4.69, 9.17) is 0 Å². The van der Waals surface area contributed by atoms with Crippen LogP contribution in [0.25, 0.3) is 0 Å². The molecule has 1 unspecified atom stereocenters. The van der Waals surface area contributed by atoms with E-state index in [1.807, 2.05) is 12.1 Å². The van der Waals surface area contributed by atoms with Gasteiger partial charge in [0.1, 0.15) is 0 Å². The van der Waals surface area contributed by atoms with Crippen molar-refractivity contribution in [2.24, 2.45) is 5.92 Å². The molecule has 19 heavy (non-hydrogen) atoms. The van der Waals surface area contributed by atoms with Crippen LogP contribution in [0.1, 0.15) is 38.2 Å². The summed E-state index contributed by atoms with van der Waals surface area (Å²) in [6, 6.07) is 7.67. The molecule has 0 amide bonds. The largest absolute Gasteiger partial charge is 0.310 e. The molecule has 0 spiro atoms. The SMILES string of the molecule is CC(CC1CCC1)NCc1ccc(S(C)(=O)=O)cc1. The molecule has 0 saturated heterocycles. The summed E-state index contributed by atoms with van der Waals surface area (Å²) in [6.07, 6.45) is 6.65. The van der Waals surface area contributed by atoms with E-state index in [0.29, 0.717) is 10.9 Å². The summed E-state index contributed by atoms with van der Waals surface area (Å²) in [5, 5.41) is 3.51. The number of hydrogen-bond acceptors (Lipinski definition) is 3. The highest BCUT2D eigenvalue weighted by Crippen LogP contribution is 2.30. The van der Waals surface area contributed by atoms with Crippen molar-refractivity contribution in [2.45, 2.75) is 50.1 Å². The molecule has 0 aliphatic heterocycles. The summed E-state index contributed by atoms with van der Waals surface area (Å²) in [6.45, 7) is 3.03. The number of hydrogen-bond donors (Lipinski definition) is 1. The Kier molecular flexibility index (Phi) is 4.63. The van der Waals surface area contributed by atoms with E-state index in [-0.39, 0.29) is 0 Å². The summed E-state index contributed by atoms with van der Waals surface area (Å²) >= 11 is 0. The number of rotatable bonds is 6. The maximum absolute atomic E-state index is 11.4. The topological polar surface area (TPSA) is 46.2 Å². The third-order valence-electron chi connectivity index (χ3n) is 3.92. The molecule has 1 aliphatic rings. The zero-order valence-corrected chi connectivity index (χ0v) is 12.5. The second-order valence-corrected chi connectivity index (χ2v) is 7.75. The minimum atomic E-state index is -3.08. The number of nitrogens with one attached hydrogen (secondary N) is 1. The highest BCUT2D eigenvalue weighted by molar-refractivity contribution is 7.90. The first-order chi connectivity index (χ1) is 8.95. The van der Waals surface area contributed by atoms with Gasteiger partial charge in [0, 0.05) is 18.8 Å². The van der Waals surface area contributed by atoms with E-state index in [0.717, 1.165) is 18.0 Å². The molecule has 0 radical (unpaired) electrons. The molecular formula is C15H23NO2S. The predicted molar refractivity (Wildman–Crippen MR) is 77.8 cm³/mol. The van der Waals surface area contributed by atoms with E-state index >= 15 is 0 Å². The molecular weight excluding hydrogens is 258 g/mol. The van der Waals surface area contributed by atoms with Gasteiger partial charge in [-0.3, -0.25) is 0 Å². The van der Waals surface area contributed by atoms with Crippen molar-refractivity contribution < 1.29 is 8.42 Å². The zero-order chi connectivity index (χ0) is 13.9. The Bertz CT molecular complexity index is 503. The van der Waals surface area contributed by atoms with Crippen LogP contribution in [0, 0.1) is 5.92 Å². The van der Waals surface area contributed by atoms with Crippen LogP contribution in [0.4, 0.5) is 0 Å². The standard InChI is InChI=1S/C15H23NO2S/c1-12(10-13-4-3-5-13)16-11-14-6-8-15(9-7-14)19(2,17)18/h6-9,12-13,16H,3-5,10-11H2,1-2H3. The lowest BCUT2D eigenvalue weighted by atomic mass is 9.81. The van der Waals surface area contributed by atoms with Crippen LogP contribution < -0.4 is 5.32 Å². The van der Waals surface area contributed by atoms with Crippen LogP contribution in [0.5, 0.6) is 0 Å². The summed E-state index contributed by atoms with van der Waals surface area (Å²) in [7, 11) is -3.08. The Labute approximate surface area is 116 Å². The van der Waals surface area contributed by atoms with E-state index < -0.39 is 9.84 Å². The van der Waals surface area contributed by atoms with Gasteiger partial charge in [0.2, 0.25) is 0 Å². The lowest BCUT2D eigenvalue weighted by Crippen LogP contribution is -2.29. The average molecular weight is 281 g/mol. The van der Waals surface area contributed by atoms with Crippen LogP contribution in [0.3, 0.4) is 0 Å². The number of sulfone groups is 1. The first kappa shape index (κ1) is 14.5. The van der Waals surface area contributed by atoms with E-state index in [1.54, 1.807) is 12.1 Å². The molecule has 4 heteroatoms. The fraction of sp³-hybridized carbons (Fsp3) is 0.600. The van der Waals surface area contributed by atoms with Crippen molar-refractivity contribution in [1.82, 2.24) is 5.32 Å². The minimum Gasteiger partial charge on any atom is -0.310 e. The molecule has 1 atom stereocenters. The molecule has 3 nitrogen and oxygen atoms in total. The molecule has 0 bridgehead atoms. The van der Waals surface area contributed by atoms with Gasteiger partial charge in [-0.15, -0.1) is 0 Å². The maximum Gasteiger partial charge on any atom is 0.175 e. The Morgan fingerprint density at radius 3 is 2.37 bits per heavy atom. The molecule has 0 aromatic heterocycles. The average Bonchev–Trinajstić information content (AvgIpc) is 2.31. The monoisotopic (exact) mass is 281 g/mol. The molecule has 1 aromatic carbocycles. The van der Waals surface area contributed by atoms with Crippen LogP contribution in [0.2, 0.25) is 0 Å². The fourth-order valence-electron chi connectivity index (χ4n) is 2.46. The van der Waals surface area contributed by atoms with Crippen molar-refractivity contribution in [3.05, 3.63) is 29.8 Å². The second-order valence-electron chi connectivity index (χ2n) is 5.73. The minimum absolute atomic E-state index is 0.388. The first-order valence-electron chi connectivity index (χ1n) is 6.97. The molecule has 1 aromatic rings. The molecule has 1 aliphatic carbocycles. The number of benzene rings is 1. The molecule has 1 N–H and O–H groups in total. The van der Waals surface area contributed by atoms with Crippen molar-refractivity contribution in [3.8, 4) is 0 Å². The van der Waals surface area contributed by atoms with Gasteiger partial charge >= 0.3 is 0 Å². The van der Waals surface area contributed by atoms with Crippen LogP contribution in [-0.2, 0) is 16.4 Å². The molecule has 106 valence electrons. The van der Waals surface area contributed by atoms with Gasteiger partial charge in [0.25, 0.3) is 0 Å². The Morgan fingerprint density at radius 1 is 1.26 bits per heavy atom. The lowest BCUT2D eigenvalue weighted by Gasteiger charge is -2.28. The van der Waals surface area contributed by atoms with Gasteiger partial charge in [0.05, 0.1) is 4.90 Å². The lowest BCUT2D eigenvalue weighted by molar-refractivity contribution is 0.265. The Balaban J connectivity index is 1.82. The Hall–Kier alpha value is -0.870. The van der Waals surface area contributed by atoms with Gasteiger partial charge in [-0.25, -0.2) is 8.42 Å². The van der Waals surface area contributed by atoms with Gasteiger partial charge < -0.3 is 5.32 Å². The normalized spacial score (nSPS) is 18.0. The third kappa shape index (κ3) is 4.32. The van der Waals surface area contributed by atoms with Crippen molar-refractivity contribution in [3.63, 3.8) is 0 Å². The smallest absolute Gasteiger partial charge is 0.175 e. The van der Waals surface area contributed by atoms with Crippen LogP contribution in [-0.4, -0.2) is 20.7 Å². The summed E-state index contributed by atoms with van der Waals surface area (Å²) in [5.74, 6) is 0.912. The van der Waals surface area contributed by atoms with Crippen LogP contribution >= 0.6 is 0 Å². The molecule has 0 heterocycles. The first-order valence-corrected chi connectivity index (χ1v) is 8.86. The third-order valence-corrected chi connectivity index (χ3v) is 5.05. The summed E-state index contributed by atoms with van der Waals surface area (Å²) in [4.78, 5) is 0.388. The van der Waals surface area contributed by atoms with Gasteiger partial charge in [-0.05, 0) is 37.0 Å². The predicted octanol–water partition coefficient (Wildman–Crippen LogP) is 2.76. The van der Waals surface area contributed by atoms with Crippen molar-refractivity contribution >= 4 is 9.84 Å². The van der Waals surface area contributed by atoms with Gasteiger partial charge in [-0.1, -0.05) is 31.4 Å². The van der Waals surface area contributed by atoms with Crippen LogP contribution in [0.15, 0.2) is 29.2 Å². The maximum atomic E-state index is 11.4. The molecule has 1 fully saturated rings. The highest BCUT2D eigenvalue weighted by atomic mass is 32.2. The summed E-state index contributed by atoms with van der Waals surface area (Å²) < 4.78 is 22.7. The van der Waals surface area contributed by atoms with Gasteiger partial charge in [0.15, 0.2) is 9.84 Å².